The lowest BCUT2D eigenvalue weighted by Gasteiger charge is -2.14. The smallest absolute Gasteiger partial charge is 0.224 e. The summed E-state index contributed by atoms with van der Waals surface area (Å²) in [6.45, 7) is 9.50. The van der Waals surface area contributed by atoms with Gasteiger partial charge in [0.05, 0.1) is 13.2 Å². The van der Waals surface area contributed by atoms with Crippen LogP contribution in [0.1, 0.15) is 56.7 Å². The minimum atomic E-state index is 0.0326. The average molecular weight is 384 g/mol. The monoisotopic (exact) mass is 383 g/mol. The van der Waals surface area contributed by atoms with Gasteiger partial charge in [-0.25, -0.2) is 0 Å². The van der Waals surface area contributed by atoms with Crippen LogP contribution in [0.25, 0.3) is 0 Å². The second kappa shape index (κ2) is 11.4. The minimum Gasteiger partial charge on any atom is -0.490 e. The fourth-order valence-electron chi connectivity index (χ4n) is 3.08. The van der Waals surface area contributed by atoms with Gasteiger partial charge in [-0.15, -0.1) is 0 Å². The molecule has 0 saturated heterocycles. The summed E-state index contributed by atoms with van der Waals surface area (Å²) in [5.74, 6) is 1.56. The van der Waals surface area contributed by atoms with Crippen LogP contribution in [0.5, 0.6) is 11.5 Å². The van der Waals surface area contributed by atoms with E-state index in [4.69, 9.17) is 9.47 Å². The number of para-hydroxylation sites is 1. The summed E-state index contributed by atoms with van der Waals surface area (Å²) < 4.78 is 11.6. The second-order valence-electron chi connectivity index (χ2n) is 6.93. The van der Waals surface area contributed by atoms with Gasteiger partial charge in [-0.3, -0.25) is 4.79 Å². The minimum absolute atomic E-state index is 0.0326. The zero-order valence-electron chi connectivity index (χ0n) is 17.6. The highest BCUT2D eigenvalue weighted by atomic mass is 16.5. The maximum atomic E-state index is 12.5. The van der Waals surface area contributed by atoms with Crippen LogP contribution in [0.4, 0.5) is 5.69 Å². The second-order valence-corrected chi connectivity index (χ2v) is 6.93. The number of ether oxygens (including phenoxy) is 2. The van der Waals surface area contributed by atoms with Crippen molar-refractivity contribution in [1.29, 1.82) is 0 Å². The summed E-state index contributed by atoms with van der Waals surface area (Å²) in [6, 6.07) is 12.1. The molecule has 0 spiro atoms. The van der Waals surface area contributed by atoms with Crippen LogP contribution in [0.15, 0.2) is 36.4 Å². The molecular weight excluding hydrogens is 350 g/mol. The van der Waals surface area contributed by atoms with Crippen molar-refractivity contribution in [2.24, 2.45) is 0 Å². The van der Waals surface area contributed by atoms with Gasteiger partial charge in [-0.1, -0.05) is 44.5 Å². The van der Waals surface area contributed by atoms with Gasteiger partial charge in [0, 0.05) is 12.1 Å². The highest BCUT2D eigenvalue weighted by Gasteiger charge is 2.11. The predicted molar refractivity (Wildman–Crippen MR) is 116 cm³/mol. The largest absolute Gasteiger partial charge is 0.490 e. The molecule has 1 amide bonds. The van der Waals surface area contributed by atoms with E-state index in [1.807, 2.05) is 44.2 Å². The van der Waals surface area contributed by atoms with Crippen molar-refractivity contribution in [2.75, 3.05) is 18.5 Å². The standard InChI is InChI=1S/C24H33NO3/c1-5-8-16-28-21-14-12-19(17-22(21)27-7-3)13-15-23(26)25-24-18(4)10-9-11-20(24)6-2/h9-12,14,17H,5-8,13,15-16H2,1-4H3,(H,25,26). The van der Waals surface area contributed by atoms with Gasteiger partial charge in [0.2, 0.25) is 5.91 Å². The maximum Gasteiger partial charge on any atom is 0.224 e. The first kappa shape index (κ1) is 21.8. The Balaban J connectivity index is 1.99. The molecule has 0 aliphatic heterocycles. The van der Waals surface area contributed by atoms with Crippen molar-refractivity contribution in [2.45, 2.75) is 59.8 Å². The highest BCUT2D eigenvalue weighted by molar-refractivity contribution is 5.92. The van der Waals surface area contributed by atoms with Crippen LogP contribution >= 0.6 is 0 Å². The SMILES string of the molecule is CCCCOc1ccc(CCC(=O)Nc2c(C)cccc2CC)cc1OCC. The molecule has 0 saturated carbocycles. The molecule has 0 radical (unpaired) electrons. The molecule has 0 aliphatic carbocycles. The van der Waals surface area contributed by atoms with Crippen molar-refractivity contribution in [1.82, 2.24) is 0 Å². The number of hydrogen-bond acceptors (Lipinski definition) is 3. The van der Waals surface area contributed by atoms with Gasteiger partial charge in [0.1, 0.15) is 0 Å². The Morgan fingerprint density at radius 3 is 2.57 bits per heavy atom. The van der Waals surface area contributed by atoms with Crippen molar-refractivity contribution in [3.8, 4) is 11.5 Å². The first-order chi connectivity index (χ1) is 13.6. The molecule has 28 heavy (non-hydrogen) atoms. The van der Waals surface area contributed by atoms with Gasteiger partial charge in [0.25, 0.3) is 0 Å². The van der Waals surface area contributed by atoms with Gasteiger partial charge in [0.15, 0.2) is 11.5 Å². The van der Waals surface area contributed by atoms with Crippen molar-refractivity contribution in [3.05, 3.63) is 53.1 Å². The molecule has 2 aromatic rings. The van der Waals surface area contributed by atoms with E-state index in [9.17, 15) is 4.79 Å². The normalized spacial score (nSPS) is 10.6. The van der Waals surface area contributed by atoms with Gasteiger partial charge >= 0.3 is 0 Å². The molecule has 0 aliphatic rings. The first-order valence-corrected chi connectivity index (χ1v) is 10.4. The zero-order chi connectivity index (χ0) is 20.4. The molecule has 0 atom stereocenters. The number of amides is 1. The number of benzene rings is 2. The number of anilines is 1. The highest BCUT2D eigenvalue weighted by Crippen LogP contribution is 2.29. The number of carbonyl (C=O) groups excluding carboxylic acids is 1. The fraction of sp³-hybridized carbons (Fsp3) is 0.458. The molecule has 0 bridgehead atoms. The topological polar surface area (TPSA) is 47.6 Å². The average Bonchev–Trinajstić information content (AvgIpc) is 2.69. The number of hydrogen-bond donors (Lipinski definition) is 1. The number of unbranched alkanes of at least 4 members (excludes halogenated alkanes) is 1. The Hall–Kier alpha value is -2.49. The van der Waals surface area contributed by atoms with E-state index in [2.05, 4.69) is 25.2 Å². The lowest BCUT2D eigenvalue weighted by Crippen LogP contribution is -2.14. The van der Waals surface area contributed by atoms with Crippen LogP contribution in [0.3, 0.4) is 0 Å². The lowest BCUT2D eigenvalue weighted by molar-refractivity contribution is -0.116. The van der Waals surface area contributed by atoms with E-state index < -0.39 is 0 Å². The summed E-state index contributed by atoms with van der Waals surface area (Å²) in [5.41, 5.74) is 4.28. The van der Waals surface area contributed by atoms with E-state index in [1.54, 1.807) is 0 Å². The number of rotatable bonds is 11. The Kier molecular flexibility index (Phi) is 8.86. The third kappa shape index (κ3) is 6.29. The van der Waals surface area contributed by atoms with Crippen LogP contribution in [-0.2, 0) is 17.6 Å². The van der Waals surface area contributed by atoms with E-state index in [1.165, 1.54) is 5.56 Å². The van der Waals surface area contributed by atoms with Crippen LogP contribution in [0, 0.1) is 6.92 Å². The molecule has 2 rings (SSSR count). The summed E-state index contributed by atoms with van der Waals surface area (Å²) in [6.07, 6.45) is 4.10. The third-order valence-corrected chi connectivity index (χ3v) is 4.71. The Morgan fingerprint density at radius 2 is 1.86 bits per heavy atom. The Morgan fingerprint density at radius 1 is 1.04 bits per heavy atom. The molecular formula is C24H33NO3. The van der Waals surface area contributed by atoms with Gasteiger partial charge in [-0.05, 0) is 61.9 Å². The zero-order valence-corrected chi connectivity index (χ0v) is 17.6. The van der Waals surface area contributed by atoms with Gasteiger partial charge < -0.3 is 14.8 Å². The van der Waals surface area contributed by atoms with Crippen molar-refractivity contribution >= 4 is 11.6 Å². The van der Waals surface area contributed by atoms with Crippen LogP contribution in [0.2, 0.25) is 0 Å². The molecule has 1 N–H and O–H groups in total. The summed E-state index contributed by atoms with van der Waals surface area (Å²) >= 11 is 0. The van der Waals surface area contributed by atoms with E-state index in [-0.39, 0.29) is 5.91 Å². The first-order valence-electron chi connectivity index (χ1n) is 10.4. The summed E-state index contributed by atoms with van der Waals surface area (Å²) in [4.78, 5) is 12.5. The number of nitrogens with one attached hydrogen (secondary N) is 1. The molecule has 0 aromatic heterocycles. The maximum absolute atomic E-state index is 12.5. The molecule has 152 valence electrons. The fourth-order valence-corrected chi connectivity index (χ4v) is 3.08. The van der Waals surface area contributed by atoms with E-state index >= 15 is 0 Å². The quantitative estimate of drug-likeness (QED) is 0.506. The summed E-state index contributed by atoms with van der Waals surface area (Å²) in [7, 11) is 0. The molecule has 0 fully saturated rings. The van der Waals surface area contributed by atoms with Crippen LogP contribution in [-0.4, -0.2) is 19.1 Å². The Bertz CT molecular complexity index is 770. The van der Waals surface area contributed by atoms with Gasteiger partial charge in [-0.2, -0.15) is 0 Å². The molecule has 2 aromatic carbocycles. The van der Waals surface area contributed by atoms with E-state index in [0.29, 0.717) is 26.1 Å². The predicted octanol–water partition coefficient (Wildman–Crippen LogP) is 5.71. The van der Waals surface area contributed by atoms with E-state index in [0.717, 1.165) is 47.6 Å². The molecule has 0 unspecified atom stereocenters. The molecule has 4 nitrogen and oxygen atoms in total. The number of aryl methyl sites for hydroxylation is 3. The third-order valence-electron chi connectivity index (χ3n) is 4.71. The Labute approximate surface area is 169 Å². The van der Waals surface area contributed by atoms with Crippen molar-refractivity contribution < 1.29 is 14.3 Å². The van der Waals surface area contributed by atoms with Crippen molar-refractivity contribution in [3.63, 3.8) is 0 Å². The molecule has 0 heterocycles. The summed E-state index contributed by atoms with van der Waals surface area (Å²) in [5, 5.41) is 3.09. The van der Waals surface area contributed by atoms with Crippen LogP contribution < -0.4 is 14.8 Å². The lowest BCUT2D eigenvalue weighted by atomic mass is 10.0. The number of carbonyl (C=O) groups is 1. The molecule has 4 heteroatoms.